The van der Waals surface area contributed by atoms with Gasteiger partial charge in [-0.15, -0.1) is 0 Å². The molecule has 8 nitrogen and oxygen atoms in total. The lowest BCUT2D eigenvalue weighted by atomic mass is 10.0. The van der Waals surface area contributed by atoms with Gasteiger partial charge in [0.15, 0.2) is 0 Å². The van der Waals surface area contributed by atoms with Crippen molar-refractivity contribution in [2.24, 2.45) is 5.92 Å². The number of nitro benzene ring substituents is 1. The third kappa shape index (κ3) is 5.53. The second kappa shape index (κ2) is 8.79. The summed E-state index contributed by atoms with van der Waals surface area (Å²) in [5.74, 6) is -0.861. The largest absolute Gasteiger partial charge is 0.424 e. The molecule has 2 N–H and O–H groups in total. The van der Waals surface area contributed by atoms with E-state index in [2.05, 4.69) is 10.6 Å². The monoisotopic (exact) mass is 371 g/mol. The number of rotatable bonds is 6. The van der Waals surface area contributed by atoms with Crippen molar-refractivity contribution < 1.29 is 19.2 Å². The Hall–Kier alpha value is -3.42. The van der Waals surface area contributed by atoms with Crippen LogP contribution in [0.2, 0.25) is 0 Å². The number of urea groups is 1. The molecule has 0 aromatic heterocycles. The van der Waals surface area contributed by atoms with Gasteiger partial charge in [0.25, 0.3) is 5.69 Å². The number of nitrogens with zero attached hydrogens (tertiary/aromatic N) is 1. The Bertz CT molecular complexity index is 836. The van der Waals surface area contributed by atoms with Crippen LogP contribution in [0.15, 0.2) is 48.5 Å². The summed E-state index contributed by atoms with van der Waals surface area (Å²) in [5, 5.41) is 16.1. The number of nitro groups is 1. The average molecular weight is 371 g/mol. The summed E-state index contributed by atoms with van der Waals surface area (Å²) in [5.41, 5.74) is 0.977. The quantitative estimate of drug-likeness (QED) is 0.348. The molecule has 2 aromatic rings. The molecule has 0 bridgehead atoms. The number of esters is 1. The predicted molar refractivity (Wildman–Crippen MR) is 101 cm³/mol. The van der Waals surface area contributed by atoms with Gasteiger partial charge in [0.05, 0.1) is 11.0 Å². The van der Waals surface area contributed by atoms with Crippen molar-refractivity contribution in [2.45, 2.75) is 26.8 Å². The molecule has 27 heavy (non-hydrogen) atoms. The molecule has 2 amide bonds. The molecule has 0 aliphatic rings. The van der Waals surface area contributed by atoms with Crippen LogP contribution in [0.1, 0.15) is 19.4 Å². The minimum atomic E-state index is -0.924. The molecule has 0 saturated heterocycles. The molecule has 1 unspecified atom stereocenters. The number of nitrogens with one attached hydrogen (secondary N) is 2. The first-order valence-electron chi connectivity index (χ1n) is 8.37. The van der Waals surface area contributed by atoms with E-state index in [0.717, 1.165) is 0 Å². The number of anilines is 1. The number of amides is 2. The zero-order valence-electron chi connectivity index (χ0n) is 15.3. The fraction of sp³-hybridized carbons (Fsp3) is 0.263. The summed E-state index contributed by atoms with van der Waals surface area (Å²) in [7, 11) is 0. The molecule has 1 atom stereocenters. The van der Waals surface area contributed by atoms with Gasteiger partial charge in [-0.1, -0.05) is 32.0 Å². The van der Waals surface area contributed by atoms with E-state index in [1.54, 1.807) is 45.0 Å². The SMILES string of the molecule is Cc1ccc([N+](=O)[O-])cc1OC(=O)C(NC(=O)Nc1ccccc1)C(C)C. The summed E-state index contributed by atoms with van der Waals surface area (Å²) in [6.45, 7) is 5.19. The van der Waals surface area contributed by atoms with Crippen molar-refractivity contribution in [1.82, 2.24) is 5.32 Å². The van der Waals surface area contributed by atoms with Gasteiger partial charge < -0.3 is 15.4 Å². The van der Waals surface area contributed by atoms with Crippen LogP contribution < -0.4 is 15.4 Å². The average Bonchev–Trinajstić information content (AvgIpc) is 2.61. The van der Waals surface area contributed by atoms with Gasteiger partial charge in [0, 0.05) is 11.8 Å². The first kappa shape index (κ1) is 19.9. The van der Waals surface area contributed by atoms with Gasteiger partial charge in [-0.3, -0.25) is 10.1 Å². The predicted octanol–water partition coefficient (Wildman–Crippen LogP) is 3.65. The molecule has 0 saturated carbocycles. The zero-order chi connectivity index (χ0) is 20.0. The van der Waals surface area contributed by atoms with Crippen molar-refractivity contribution in [3.8, 4) is 5.75 Å². The molecule has 8 heteroatoms. The maximum Gasteiger partial charge on any atom is 0.334 e. The molecule has 2 rings (SSSR count). The van der Waals surface area contributed by atoms with Gasteiger partial charge in [-0.25, -0.2) is 9.59 Å². The Kier molecular flexibility index (Phi) is 6.48. The van der Waals surface area contributed by atoms with Crippen LogP contribution in [-0.4, -0.2) is 23.0 Å². The van der Waals surface area contributed by atoms with E-state index in [1.807, 2.05) is 6.07 Å². The number of non-ortho nitro benzene ring substituents is 1. The van der Waals surface area contributed by atoms with Crippen molar-refractivity contribution >= 4 is 23.4 Å². The molecule has 0 spiro atoms. The van der Waals surface area contributed by atoms with Gasteiger partial charge in [-0.2, -0.15) is 0 Å². The fourth-order valence-electron chi connectivity index (χ4n) is 2.31. The number of hydrogen-bond donors (Lipinski definition) is 2. The van der Waals surface area contributed by atoms with Crippen LogP contribution in [0.4, 0.5) is 16.2 Å². The highest BCUT2D eigenvalue weighted by Gasteiger charge is 2.27. The summed E-state index contributed by atoms with van der Waals surface area (Å²) < 4.78 is 5.32. The van der Waals surface area contributed by atoms with Crippen molar-refractivity contribution in [3.63, 3.8) is 0 Å². The molecule has 2 aromatic carbocycles. The van der Waals surface area contributed by atoms with E-state index in [0.29, 0.717) is 11.3 Å². The molecule has 0 aliphatic heterocycles. The number of hydrogen-bond acceptors (Lipinski definition) is 5. The van der Waals surface area contributed by atoms with Gasteiger partial charge in [0.1, 0.15) is 11.8 Å². The number of ether oxygens (including phenoxy) is 1. The molecule has 0 aliphatic carbocycles. The van der Waals surface area contributed by atoms with E-state index in [4.69, 9.17) is 4.74 Å². The second-order valence-corrected chi connectivity index (χ2v) is 6.31. The number of carbonyl (C=O) groups is 2. The maximum absolute atomic E-state index is 12.5. The van der Waals surface area contributed by atoms with Gasteiger partial charge in [0.2, 0.25) is 0 Å². The summed E-state index contributed by atoms with van der Waals surface area (Å²) in [6, 6.07) is 11.3. The summed E-state index contributed by atoms with van der Waals surface area (Å²) in [4.78, 5) is 35.1. The lowest BCUT2D eigenvalue weighted by Gasteiger charge is -2.21. The Balaban J connectivity index is 2.10. The van der Waals surface area contributed by atoms with Crippen LogP contribution in [0.3, 0.4) is 0 Å². The van der Waals surface area contributed by atoms with Crippen LogP contribution in [0.25, 0.3) is 0 Å². The Labute approximate surface area is 156 Å². The zero-order valence-corrected chi connectivity index (χ0v) is 15.3. The van der Waals surface area contributed by atoms with E-state index >= 15 is 0 Å². The first-order valence-corrected chi connectivity index (χ1v) is 8.37. The highest BCUT2D eigenvalue weighted by Crippen LogP contribution is 2.25. The Morgan fingerprint density at radius 3 is 2.37 bits per heavy atom. The van der Waals surface area contributed by atoms with E-state index in [-0.39, 0.29) is 17.4 Å². The fourth-order valence-corrected chi connectivity index (χ4v) is 2.31. The number of carbonyl (C=O) groups excluding carboxylic acids is 2. The number of para-hydroxylation sites is 1. The lowest BCUT2D eigenvalue weighted by molar-refractivity contribution is -0.384. The number of aryl methyl sites for hydroxylation is 1. The highest BCUT2D eigenvalue weighted by atomic mass is 16.6. The van der Waals surface area contributed by atoms with Gasteiger partial charge in [-0.05, 0) is 36.6 Å². The summed E-state index contributed by atoms with van der Waals surface area (Å²) in [6.07, 6.45) is 0. The molecule has 0 fully saturated rings. The van der Waals surface area contributed by atoms with E-state index in [9.17, 15) is 19.7 Å². The van der Waals surface area contributed by atoms with Gasteiger partial charge >= 0.3 is 12.0 Å². The highest BCUT2D eigenvalue weighted by molar-refractivity contribution is 5.93. The maximum atomic E-state index is 12.5. The van der Waals surface area contributed by atoms with Crippen LogP contribution >= 0.6 is 0 Å². The van der Waals surface area contributed by atoms with Crippen LogP contribution in [0, 0.1) is 23.0 Å². The lowest BCUT2D eigenvalue weighted by Crippen LogP contribution is -2.48. The first-order chi connectivity index (χ1) is 12.8. The normalized spacial score (nSPS) is 11.6. The molecule has 0 radical (unpaired) electrons. The molecular weight excluding hydrogens is 350 g/mol. The smallest absolute Gasteiger partial charge is 0.334 e. The Morgan fingerprint density at radius 2 is 1.78 bits per heavy atom. The third-order valence-corrected chi connectivity index (χ3v) is 3.83. The van der Waals surface area contributed by atoms with E-state index in [1.165, 1.54) is 18.2 Å². The molecule has 142 valence electrons. The minimum Gasteiger partial charge on any atom is -0.424 e. The van der Waals surface area contributed by atoms with Crippen molar-refractivity contribution in [3.05, 3.63) is 64.2 Å². The molecule has 0 heterocycles. The van der Waals surface area contributed by atoms with Crippen LogP contribution in [0.5, 0.6) is 5.75 Å². The van der Waals surface area contributed by atoms with Crippen molar-refractivity contribution in [2.75, 3.05) is 5.32 Å². The Morgan fingerprint density at radius 1 is 1.11 bits per heavy atom. The summed E-state index contributed by atoms with van der Waals surface area (Å²) >= 11 is 0. The third-order valence-electron chi connectivity index (χ3n) is 3.83. The minimum absolute atomic E-state index is 0.0881. The van der Waals surface area contributed by atoms with E-state index < -0.39 is 23.0 Å². The number of benzene rings is 2. The molecular formula is C19H21N3O5. The topological polar surface area (TPSA) is 111 Å². The standard InChI is InChI=1S/C19H21N3O5/c1-12(2)17(21-19(24)20-14-7-5-4-6-8-14)18(23)27-16-11-15(22(25)26)10-9-13(16)3/h4-12,17H,1-3H3,(H2,20,21,24). The van der Waals surface area contributed by atoms with Crippen LogP contribution in [-0.2, 0) is 4.79 Å². The second-order valence-electron chi connectivity index (χ2n) is 6.31. The van der Waals surface area contributed by atoms with Crippen molar-refractivity contribution in [1.29, 1.82) is 0 Å².